The van der Waals surface area contributed by atoms with E-state index in [4.69, 9.17) is 14.2 Å². The van der Waals surface area contributed by atoms with Crippen LogP contribution in [-0.4, -0.2) is 26.2 Å². The van der Waals surface area contributed by atoms with Crippen LogP contribution in [0.4, 0.5) is 0 Å². The Balaban J connectivity index is 2.38. The number of hydrogen-bond acceptors (Lipinski definition) is 6. The molecule has 0 radical (unpaired) electrons. The standard InChI is InChI=1S/C13H11BrO6/c1-17-6-9(12(15)18-2)19-8-5-3-4-7-10(8)13(16)20-11(7)14/h3-6,11H,1-2H3. The average Bonchev–Trinajstić information content (AvgIpc) is 2.73. The summed E-state index contributed by atoms with van der Waals surface area (Å²) in [7, 11) is 2.58. The van der Waals surface area contributed by atoms with Crippen molar-refractivity contribution in [1.82, 2.24) is 0 Å². The summed E-state index contributed by atoms with van der Waals surface area (Å²) in [5, 5.41) is -0.526. The van der Waals surface area contributed by atoms with Gasteiger partial charge in [-0.1, -0.05) is 12.1 Å². The molecular formula is C13H11BrO6. The van der Waals surface area contributed by atoms with Crippen LogP contribution in [0.25, 0.3) is 0 Å². The Morgan fingerprint density at radius 2 is 2.15 bits per heavy atom. The van der Waals surface area contributed by atoms with Gasteiger partial charge in [0.1, 0.15) is 17.6 Å². The smallest absolute Gasteiger partial charge is 0.377 e. The molecule has 1 atom stereocenters. The Labute approximate surface area is 123 Å². The van der Waals surface area contributed by atoms with Gasteiger partial charge in [0.25, 0.3) is 0 Å². The highest BCUT2D eigenvalue weighted by Crippen LogP contribution is 2.40. The van der Waals surface area contributed by atoms with Gasteiger partial charge >= 0.3 is 11.9 Å². The average molecular weight is 343 g/mol. The molecule has 0 spiro atoms. The number of fused-ring (bicyclic) bond motifs is 1. The highest BCUT2D eigenvalue weighted by Gasteiger charge is 2.33. The maximum Gasteiger partial charge on any atom is 0.377 e. The van der Waals surface area contributed by atoms with E-state index in [1.54, 1.807) is 18.2 Å². The van der Waals surface area contributed by atoms with Crippen molar-refractivity contribution in [2.24, 2.45) is 0 Å². The van der Waals surface area contributed by atoms with Crippen LogP contribution in [-0.2, 0) is 19.0 Å². The molecule has 0 aliphatic carbocycles. The Morgan fingerprint density at radius 1 is 1.40 bits per heavy atom. The molecule has 106 valence electrons. The van der Waals surface area contributed by atoms with Crippen LogP contribution in [0.3, 0.4) is 0 Å². The van der Waals surface area contributed by atoms with Gasteiger partial charge in [-0.3, -0.25) is 0 Å². The zero-order valence-electron chi connectivity index (χ0n) is 10.7. The normalized spacial score (nSPS) is 17.2. The quantitative estimate of drug-likeness (QED) is 0.362. The molecule has 0 bridgehead atoms. The number of rotatable bonds is 4. The van der Waals surface area contributed by atoms with Crippen LogP contribution in [0.2, 0.25) is 0 Å². The van der Waals surface area contributed by atoms with Crippen molar-refractivity contribution < 1.29 is 28.5 Å². The van der Waals surface area contributed by atoms with Gasteiger partial charge in [-0.05, 0) is 22.0 Å². The van der Waals surface area contributed by atoms with Crippen molar-refractivity contribution in [1.29, 1.82) is 0 Å². The number of ether oxygens (including phenoxy) is 4. The first-order valence-electron chi connectivity index (χ1n) is 5.55. The van der Waals surface area contributed by atoms with Gasteiger partial charge < -0.3 is 18.9 Å². The van der Waals surface area contributed by atoms with Gasteiger partial charge in [-0.25, -0.2) is 9.59 Å². The van der Waals surface area contributed by atoms with E-state index >= 15 is 0 Å². The Morgan fingerprint density at radius 3 is 2.80 bits per heavy atom. The molecule has 0 fully saturated rings. The molecule has 1 unspecified atom stereocenters. The summed E-state index contributed by atoms with van der Waals surface area (Å²) in [5.41, 5.74) is 0.898. The van der Waals surface area contributed by atoms with E-state index < -0.39 is 17.0 Å². The fourth-order valence-electron chi connectivity index (χ4n) is 1.70. The van der Waals surface area contributed by atoms with Gasteiger partial charge in [0.15, 0.2) is 5.01 Å². The van der Waals surface area contributed by atoms with Crippen LogP contribution < -0.4 is 4.74 Å². The minimum atomic E-state index is -0.716. The lowest BCUT2D eigenvalue weighted by atomic mass is 10.1. The molecular weight excluding hydrogens is 332 g/mol. The van der Waals surface area contributed by atoms with Crippen LogP contribution in [0.1, 0.15) is 20.9 Å². The first kappa shape index (κ1) is 14.4. The molecule has 1 aromatic rings. The number of benzene rings is 1. The molecule has 1 aromatic carbocycles. The van der Waals surface area contributed by atoms with E-state index in [1.807, 2.05) is 0 Å². The summed E-state index contributed by atoms with van der Waals surface area (Å²) in [5.74, 6) is -1.22. The fourth-order valence-corrected chi connectivity index (χ4v) is 2.25. The third-order valence-electron chi connectivity index (χ3n) is 2.55. The monoisotopic (exact) mass is 342 g/mol. The molecule has 7 heteroatoms. The Kier molecular flexibility index (Phi) is 4.29. The second-order valence-corrected chi connectivity index (χ2v) is 4.58. The van der Waals surface area contributed by atoms with Gasteiger partial charge in [0.05, 0.1) is 14.2 Å². The van der Waals surface area contributed by atoms with Gasteiger partial charge in [0.2, 0.25) is 5.76 Å². The van der Waals surface area contributed by atoms with Gasteiger partial charge in [0, 0.05) is 5.56 Å². The first-order valence-corrected chi connectivity index (χ1v) is 6.47. The summed E-state index contributed by atoms with van der Waals surface area (Å²) in [4.78, 5) is 23.3. The Hall–Kier alpha value is -2.02. The van der Waals surface area contributed by atoms with E-state index in [0.717, 1.165) is 6.26 Å². The summed E-state index contributed by atoms with van der Waals surface area (Å²) < 4.78 is 19.8. The number of hydrogen-bond donors (Lipinski definition) is 0. The second-order valence-electron chi connectivity index (χ2n) is 3.75. The molecule has 0 amide bonds. The summed E-state index contributed by atoms with van der Waals surface area (Å²) >= 11 is 3.22. The van der Waals surface area contributed by atoms with E-state index in [0.29, 0.717) is 5.56 Å². The molecule has 0 aromatic heterocycles. The highest BCUT2D eigenvalue weighted by molar-refractivity contribution is 9.09. The van der Waals surface area contributed by atoms with Gasteiger partial charge in [-0.15, -0.1) is 0 Å². The predicted octanol–water partition coefficient (Wildman–Crippen LogP) is 2.29. The predicted molar refractivity (Wildman–Crippen MR) is 71.3 cm³/mol. The molecule has 20 heavy (non-hydrogen) atoms. The molecule has 2 rings (SSSR count). The van der Waals surface area contributed by atoms with Crippen molar-refractivity contribution in [3.63, 3.8) is 0 Å². The van der Waals surface area contributed by atoms with Crippen molar-refractivity contribution in [2.75, 3.05) is 14.2 Å². The maximum atomic E-state index is 11.8. The van der Waals surface area contributed by atoms with Crippen molar-refractivity contribution in [3.8, 4) is 5.75 Å². The SMILES string of the molecule is COC=C(Oc1cccc2c1C(=O)OC2Br)C(=O)OC. The molecule has 1 heterocycles. The van der Waals surface area contributed by atoms with Crippen LogP contribution in [0.15, 0.2) is 30.2 Å². The van der Waals surface area contributed by atoms with E-state index in [9.17, 15) is 9.59 Å². The number of esters is 2. The van der Waals surface area contributed by atoms with Crippen LogP contribution in [0.5, 0.6) is 5.75 Å². The number of methoxy groups -OCH3 is 2. The first-order chi connectivity index (χ1) is 9.58. The maximum absolute atomic E-state index is 11.8. The number of alkyl halides is 1. The minimum absolute atomic E-state index is 0.172. The van der Waals surface area contributed by atoms with Crippen molar-refractivity contribution >= 4 is 27.9 Å². The zero-order chi connectivity index (χ0) is 14.7. The van der Waals surface area contributed by atoms with E-state index in [1.165, 1.54) is 14.2 Å². The molecule has 0 saturated heterocycles. The lowest BCUT2D eigenvalue weighted by Crippen LogP contribution is -2.12. The van der Waals surface area contributed by atoms with Gasteiger partial charge in [-0.2, -0.15) is 0 Å². The van der Waals surface area contributed by atoms with E-state index in [-0.39, 0.29) is 17.1 Å². The fraction of sp³-hybridized carbons (Fsp3) is 0.231. The zero-order valence-corrected chi connectivity index (χ0v) is 12.3. The lowest BCUT2D eigenvalue weighted by Gasteiger charge is -2.10. The van der Waals surface area contributed by atoms with Crippen molar-refractivity contribution in [2.45, 2.75) is 5.01 Å². The third-order valence-corrected chi connectivity index (χ3v) is 3.23. The lowest BCUT2D eigenvalue weighted by molar-refractivity contribution is -0.138. The second kappa shape index (κ2) is 5.96. The molecule has 6 nitrogen and oxygen atoms in total. The topological polar surface area (TPSA) is 71.1 Å². The molecule has 1 aliphatic heterocycles. The van der Waals surface area contributed by atoms with Crippen LogP contribution >= 0.6 is 15.9 Å². The van der Waals surface area contributed by atoms with E-state index in [2.05, 4.69) is 20.7 Å². The van der Waals surface area contributed by atoms with Crippen molar-refractivity contribution in [3.05, 3.63) is 41.3 Å². The number of carbonyl (C=O) groups excluding carboxylic acids is 2. The largest absolute Gasteiger partial charge is 0.500 e. The minimum Gasteiger partial charge on any atom is -0.500 e. The highest BCUT2D eigenvalue weighted by atomic mass is 79.9. The summed E-state index contributed by atoms with van der Waals surface area (Å²) in [6, 6.07) is 4.97. The number of halogens is 1. The number of cyclic esters (lactones) is 1. The summed E-state index contributed by atoms with van der Waals surface area (Å²) in [6.07, 6.45) is 1.09. The Bertz CT molecular complexity index is 580. The molecule has 0 saturated carbocycles. The molecule has 0 N–H and O–H groups in total. The molecule has 1 aliphatic rings. The number of carbonyl (C=O) groups is 2. The third kappa shape index (κ3) is 2.62. The van der Waals surface area contributed by atoms with Crippen LogP contribution in [0, 0.1) is 0 Å². The summed E-state index contributed by atoms with van der Waals surface area (Å²) in [6.45, 7) is 0.